The largest absolute Gasteiger partial charge is 0.461 e. The number of amides is 1. The third-order valence-electron chi connectivity index (χ3n) is 4.50. The summed E-state index contributed by atoms with van der Waals surface area (Å²) in [4.78, 5) is 30.9. The number of hydrogen-bond acceptors (Lipinski definition) is 5. The molecule has 2 rings (SSSR count). The van der Waals surface area contributed by atoms with Crippen LogP contribution in [0, 0.1) is 0 Å². The van der Waals surface area contributed by atoms with Crippen molar-refractivity contribution in [3.8, 4) is 0 Å². The smallest absolute Gasteiger partial charge is 0.357 e. The van der Waals surface area contributed by atoms with Gasteiger partial charge in [0.1, 0.15) is 5.01 Å². The molecule has 1 aromatic heterocycles. The van der Waals surface area contributed by atoms with E-state index in [0.29, 0.717) is 24.4 Å². The summed E-state index contributed by atoms with van der Waals surface area (Å²) >= 11 is 1.37. The molecule has 1 heterocycles. The molecular weight excluding hydrogens is 372 g/mol. The molecule has 5 nitrogen and oxygen atoms in total. The predicted molar refractivity (Wildman–Crippen MR) is 113 cm³/mol. The number of unbranched alkanes of at least 4 members (excludes halogenated alkanes) is 2. The highest BCUT2D eigenvalue weighted by molar-refractivity contribution is 7.09. The molecule has 0 N–H and O–H groups in total. The Kier molecular flexibility index (Phi) is 8.64. The lowest BCUT2D eigenvalue weighted by Crippen LogP contribution is -2.36. The molecule has 0 saturated heterocycles. The average molecular weight is 403 g/mol. The van der Waals surface area contributed by atoms with Gasteiger partial charge in [-0.15, -0.1) is 11.3 Å². The molecule has 0 saturated carbocycles. The number of rotatable bonds is 10. The van der Waals surface area contributed by atoms with Crippen molar-refractivity contribution in [2.24, 2.45) is 0 Å². The number of esters is 1. The van der Waals surface area contributed by atoms with E-state index in [1.165, 1.54) is 36.2 Å². The molecule has 1 amide bonds. The maximum atomic E-state index is 13.0. The van der Waals surface area contributed by atoms with Crippen LogP contribution in [-0.2, 0) is 17.7 Å². The van der Waals surface area contributed by atoms with Crippen LogP contribution in [0.5, 0.6) is 0 Å². The Balaban J connectivity index is 2.06. The molecule has 0 bridgehead atoms. The van der Waals surface area contributed by atoms with Crippen LogP contribution in [0.4, 0.5) is 0 Å². The molecule has 0 aliphatic carbocycles. The second-order valence-electron chi connectivity index (χ2n) is 7.03. The van der Waals surface area contributed by atoms with Gasteiger partial charge in [0.25, 0.3) is 5.91 Å². The highest BCUT2D eigenvalue weighted by Crippen LogP contribution is 2.18. The number of hydrogen-bond donors (Lipinski definition) is 0. The zero-order valence-electron chi connectivity index (χ0n) is 17.2. The van der Waals surface area contributed by atoms with Crippen LogP contribution in [0.1, 0.15) is 78.4 Å². The van der Waals surface area contributed by atoms with Crippen molar-refractivity contribution in [2.75, 3.05) is 6.61 Å². The van der Waals surface area contributed by atoms with Crippen LogP contribution in [0.25, 0.3) is 0 Å². The normalized spacial score (nSPS) is 10.9. The molecule has 0 spiro atoms. The molecule has 1 aromatic carbocycles. The van der Waals surface area contributed by atoms with Crippen LogP contribution >= 0.6 is 11.3 Å². The summed E-state index contributed by atoms with van der Waals surface area (Å²) < 4.78 is 4.98. The van der Waals surface area contributed by atoms with Crippen molar-refractivity contribution in [2.45, 2.75) is 66.0 Å². The van der Waals surface area contributed by atoms with Gasteiger partial charge in [0.15, 0.2) is 5.69 Å². The molecule has 0 fully saturated rings. The van der Waals surface area contributed by atoms with Gasteiger partial charge in [-0.05, 0) is 51.3 Å². The standard InChI is InChI=1S/C22H30N2O3S/c1-5-7-8-9-17-10-12-18(13-11-17)21(25)24(16(3)4)14-20-23-19(15-28-20)22(26)27-6-2/h10-13,15-16H,5-9,14H2,1-4H3. The quantitative estimate of drug-likeness (QED) is 0.410. The van der Waals surface area contributed by atoms with Gasteiger partial charge in [0, 0.05) is 17.0 Å². The number of benzene rings is 1. The first-order valence-electron chi connectivity index (χ1n) is 9.97. The van der Waals surface area contributed by atoms with Gasteiger partial charge in [-0.2, -0.15) is 0 Å². The maximum absolute atomic E-state index is 13.0. The predicted octanol–water partition coefficient (Wildman–Crippen LogP) is 5.10. The van der Waals surface area contributed by atoms with Crippen LogP contribution in [0.15, 0.2) is 29.6 Å². The van der Waals surface area contributed by atoms with Crippen LogP contribution in [-0.4, -0.2) is 34.4 Å². The van der Waals surface area contributed by atoms with Crippen LogP contribution < -0.4 is 0 Å². The molecular formula is C22H30N2O3S. The monoisotopic (exact) mass is 402 g/mol. The lowest BCUT2D eigenvalue weighted by Gasteiger charge is -2.26. The van der Waals surface area contributed by atoms with E-state index in [-0.39, 0.29) is 11.9 Å². The first-order valence-corrected chi connectivity index (χ1v) is 10.9. The summed E-state index contributed by atoms with van der Waals surface area (Å²) in [5.41, 5.74) is 2.24. The van der Waals surface area contributed by atoms with E-state index in [1.807, 2.05) is 38.1 Å². The first kappa shape index (κ1) is 22.1. The second-order valence-corrected chi connectivity index (χ2v) is 7.97. The SMILES string of the molecule is CCCCCc1ccc(C(=O)N(Cc2nc(C(=O)OCC)cs2)C(C)C)cc1. The molecule has 152 valence electrons. The molecule has 6 heteroatoms. The van der Waals surface area contributed by atoms with Crippen LogP contribution in [0.3, 0.4) is 0 Å². The van der Waals surface area contributed by atoms with Crippen molar-refractivity contribution < 1.29 is 14.3 Å². The summed E-state index contributed by atoms with van der Waals surface area (Å²) in [5.74, 6) is -0.450. The zero-order chi connectivity index (χ0) is 20.5. The minimum Gasteiger partial charge on any atom is -0.461 e. The molecule has 0 aliphatic heterocycles. The summed E-state index contributed by atoms with van der Waals surface area (Å²) in [6, 6.07) is 7.93. The molecule has 0 unspecified atom stereocenters. The van der Waals surface area contributed by atoms with E-state index < -0.39 is 5.97 Å². The van der Waals surface area contributed by atoms with Gasteiger partial charge in [-0.25, -0.2) is 9.78 Å². The third kappa shape index (κ3) is 6.16. The minimum absolute atomic E-state index is 0.0201. The van der Waals surface area contributed by atoms with Crippen molar-refractivity contribution in [3.05, 3.63) is 51.5 Å². The summed E-state index contributed by atoms with van der Waals surface area (Å²) in [6.07, 6.45) is 4.65. The maximum Gasteiger partial charge on any atom is 0.357 e. The van der Waals surface area contributed by atoms with E-state index in [9.17, 15) is 9.59 Å². The van der Waals surface area contributed by atoms with E-state index in [0.717, 1.165) is 11.4 Å². The zero-order valence-corrected chi connectivity index (χ0v) is 18.1. The molecule has 28 heavy (non-hydrogen) atoms. The molecule has 0 atom stereocenters. The fraction of sp³-hybridized carbons (Fsp3) is 0.500. The molecule has 0 radical (unpaired) electrons. The average Bonchev–Trinajstić information content (AvgIpc) is 3.15. The Morgan fingerprint density at radius 3 is 2.46 bits per heavy atom. The van der Waals surface area contributed by atoms with E-state index in [4.69, 9.17) is 4.74 Å². The number of nitrogens with zero attached hydrogens (tertiary/aromatic N) is 2. The Morgan fingerprint density at radius 1 is 1.14 bits per heavy atom. The Bertz CT molecular complexity index is 768. The van der Waals surface area contributed by atoms with Gasteiger partial charge < -0.3 is 9.64 Å². The lowest BCUT2D eigenvalue weighted by atomic mass is 10.0. The number of aryl methyl sites for hydroxylation is 1. The van der Waals surface area contributed by atoms with Crippen molar-refractivity contribution in [1.82, 2.24) is 9.88 Å². The summed E-state index contributed by atoms with van der Waals surface area (Å²) in [6.45, 7) is 8.61. The van der Waals surface area contributed by atoms with Gasteiger partial charge in [0.05, 0.1) is 13.2 Å². The van der Waals surface area contributed by atoms with E-state index in [1.54, 1.807) is 17.2 Å². The Hall–Kier alpha value is -2.21. The highest BCUT2D eigenvalue weighted by Gasteiger charge is 2.21. The minimum atomic E-state index is -0.425. The van der Waals surface area contributed by atoms with Crippen molar-refractivity contribution in [1.29, 1.82) is 0 Å². The molecule has 0 aliphatic rings. The van der Waals surface area contributed by atoms with E-state index >= 15 is 0 Å². The highest BCUT2D eigenvalue weighted by atomic mass is 32.1. The van der Waals surface area contributed by atoms with Crippen molar-refractivity contribution >= 4 is 23.2 Å². The first-order chi connectivity index (χ1) is 13.5. The fourth-order valence-corrected chi connectivity index (χ4v) is 3.64. The number of ether oxygens (including phenoxy) is 1. The second kappa shape index (κ2) is 11.0. The van der Waals surface area contributed by atoms with Crippen molar-refractivity contribution in [3.63, 3.8) is 0 Å². The lowest BCUT2D eigenvalue weighted by molar-refractivity contribution is 0.0520. The Morgan fingerprint density at radius 2 is 1.86 bits per heavy atom. The molecule has 2 aromatic rings. The topological polar surface area (TPSA) is 59.5 Å². The number of thiazole rings is 1. The van der Waals surface area contributed by atoms with Crippen LogP contribution in [0.2, 0.25) is 0 Å². The Labute approximate surface area is 171 Å². The number of carbonyl (C=O) groups is 2. The number of carbonyl (C=O) groups excluding carboxylic acids is 2. The number of aromatic nitrogens is 1. The van der Waals surface area contributed by atoms with Gasteiger partial charge in [-0.1, -0.05) is 31.9 Å². The summed E-state index contributed by atoms with van der Waals surface area (Å²) in [5, 5.41) is 2.41. The fourth-order valence-electron chi connectivity index (χ4n) is 2.88. The van der Waals surface area contributed by atoms with Gasteiger partial charge >= 0.3 is 5.97 Å². The van der Waals surface area contributed by atoms with E-state index in [2.05, 4.69) is 11.9 Å². The van der Waals surface area contributed by atoms with Gasteiger partial charge in [-0.3, -0.25) is 4.79 Å². The third-order valence-corrected chi connectivity index (χ3v) is 5.33. The van der Waals surface area contributed by atoms with Gasteiger partial charge in [0.2, 0.25) is 0 Å². The summed E-state index contributed by atoms with van der Waals surface area (Å²) in [7, 11) is 0.